The predicted molar refractivity (Wildman–Crippen MR) is 88.5 cm³/mol. The lowest BCUT2D eigenvalue weighted by atomic mass is 10.1. The molecule has 0 radical (unpaired) electrons. The molecule has 4 nitrogen and oxygen atoms in total. The fourth-order valence-corrected chi connectivity index (χ4v) is 3.37. The standard InChI is InChI=1S/C17H16N2O2S/c1-12-3-6-16(7-4-12)22(20,21)19-15-5-8-17-13(2)18-10-9-14(17)11-15/h3-11,19H,1-2H3. The zero-order valence-corrected chi connectivity index (χ0v) is 13.2. The lowest BCUT2D eigenvalue weighted by Gasteiger charge is -2.10. The molecule has 0 atom stereocenters. The summed E-state index contributed by atoms with van der Waals surface area (Å²) in [5.74, 6) is 0. The molecule has 22 heavy (non-hydrogen) atoms. The summed E-state index contributed by atoms with van der Waals surface area (Å²) in [5, 5.41) is 1.97. The van der Waals surface area contributed by atoms with Crippen LogP contribution in [0, 0.1) is 13.8 Å². The third-order valence-electron chi connectivity index (χ3n) is 3.55. The van der Waals surface area contributed by atoms with Crippen molar-refractivity contribution in [2.45, 2.75) is 18.7 Å². The highest BCUT2D eigenvalue weighted by Crippen LogP contribution is 2.23. The zero-order chi connectivity index (χ0) is 15.7. The summed E-state index contributed by atoms with van der Waals surface area (Å²) in [4.78, 5) is 4.48. The van der Waals surface area contributed by atoms with Gasteiger partial charge in [-0.05, 0) is 49.6 Å². The molecule has 0 aliphatic heterocycles. The lowest BCUT2D eigenvalue weighted by molar-refractivity contribution is 0.601. The fourth-order valence-electron chi connectivity index (χ4n) is 2.32. The molecule has 5 heteroatoms. The predicted octanol–water partition coefficient (Wildman–Crippen LogP) is 3.65. The van der Waals surface area contributed by atoms with Gasteiger partial charge in [-0.2, -0.15) is 0 Å². The number of hydrogen-bond donors (Lipinski definition) is 1. The molecule has 0 saturated carbocycles. The number of benzene rings is 2. The maximum absolute atomic E-state index is 12.4. The quantitative estimate of drug-likeness (QED) is 0.803. The average molecular weight is 312 g/mol. The van der Waals surface area contributed by atoms with Crippen molar-refractivity contribution in [3.8, 4) is 0 Å². The van der Waals surface area contributed by atoms with Gasteiger partial charge in [0, 0.05) is 23.0 Å². The first kappa shape index (κ1) is 14.5. The van der Waals surface area contributed by atoms with E-state index < -0.39 is 10.0 Å². The number of sulfonamides is 1. The Hall–Kier alpha value is -2.40. The first-order chi connectivity index (χ1) is 10.5. The second-order valence-corrected chi connectivity index (χ2v) is 6.93. The monoisotopic (exact) mass is 312 g/mol. The Morgan fingerprint density at radius 1 is 0.955 bits per heavy atom. The third kappa shape index (κ3) is 2.80. The van der Waals surface area contributed by atoms with Crippen LogP contribution in [-0.2, 0) is 10.0 Å². The maximum Gasteiger partial charge on any atom is 0.261 e. The van der Waals surface area contributed by atoms with Gasteiger partial charge in [0.2, 0.25) is 0 Å². The molecule has 0 spiro atoms. The fraction of sp³-hybridized carbons (Fsp3) is 0.118. The van der Waals surface area contributed by atoms with Crippen LogP contribution in [-0.4, -0.2) is 13.4 Å². The van der Waals surface area contributed by atoms with E-state index in [1.165, 1.54) is 0 Å². The number of aryl methyl sites for hydroxylation is 2. The molecule has 0 bridgehead atoms. The Labute approximate surface area is 129 Å². The van der Waals surface area contributed by atoms with E-state index >= 15 is 0 Å². The number of aromatic nitrogens is 1. The van der Waals surface area contributed by atoms with Crippen molar-refractivity contribution >= 4 is 26.5 Å². The minimum Gasteiger partial charge on any atom is -0.280 e. The van der Waals surface area contributed by atoms with Crippen LogP contribution in [0.2, 0.25) is 0 Å². The SMILES string of the molecule is Cc1ccc(S(=O)(=O)Nc2ccc3c(C)nccc3c2)cc1. The van der Waals surface area contributed by atoms with E-state index in [2.05, 4.69) is 9.71 Å². The summed E-state index contributed by atoms with van der Waals surface area (Å²) in [5.41, 5.74) is 2.48. The van der Waals surface area contributed by atoms with Gasteiger partial charge in [0.15, 0.2) is 0 Å². The van der Waals surface area contributed by atoms with E-state index in [1.54, 1.807) is 36.5 Å². The van der Waals surface area contributed by atoms with Crippen LogP contribution in [0.4, 0.5) is 5.69 Å². The van der Waals surface area contributed by atoms with Gasteiger partial charge in [0.25, 0.3) is 10.0 Å². The van der Waals surface area contributed by atoms with Crippen LogP contribution < -0.4 is 4.72 Å². The topological polar surface area (TPSA) is 59.1 Å². The Morgan fingerprint density at radius 2 is 1.68 bits per heavy atom. The van der Waals surface area contributed by atoms with Gasteiger partial charge >= 0.3 is 0 Å². The molecule has 2 aromatic carbocycles. The van der Waals surface area contributed by atoms with Gasteiger partial charge in [-0.1, -0.05) is 23.8 Å². The minimum atomic E-state index is -3.57. The number of anilines is 1. The van der Waals surface area contributed by atoms with E-state index in [9.17, 15) is 8.42 Å². The second kappa shape index (κ2) is 5.42. The molecule has 0 amide bonds. The molecule has 3 rings (SSSR count). The molecule has 0 fully saturated rings. The van der Waals surface area contributed by atoms with Crippen LogP contribution in [0.5, 0.6) is 0 Å². The lowest BCUT2D eigenvalue weighted by Crippen LogP contribution is -2.12. The van der Waals surface area contributed by atoms with Crippen LogP contribution in [0.15, 0.2) is 59.6 Å². The molecular weight excluding hydrogens is 296 g/mol. The van der Waals surface area contributed by atoms with Crippen LogP contribution in [0.3, 0.4) is 0 Å². The molecular formula is C17H16N2O2S. The Bertz CT molecular complexity index is 933. The number of nitrogens with zero attached hydrogens (tertiary/aromatic N) is 1. The van der Waals surface area contributed by atoms with Gasteiger partial charge in [-0.25, -0.2) is 8.42 Å². The maximum atomic E-state index is 12.4. The Balaban J connectivity index is 1.97. The molecule has 0 unspecified atom stereocenters. The van der Waals surface area contributed by atoms with Crippen molar-refractivity contribution in [1.29, 1.82) is 0 Å². The van der Waals surface area contributed by atoms with Crippen molar-refractivity contribution in [2.24, 2.45) is 0 Å². The van der Waals surface area contributed by atoms with Crippen molar-refractivity contribution < 1.29 is 8.42 Å². The third-order valence-corrected chi connectivity index (χ3v) is 4.94. The van der Waals surface area contributed by atoms with E-state index in [0.29, 0.717) is 5.69 Å². The van der Waals surface area contributed by atoms with Gasteiger partial charge < -0.3 is 0 Å². The van der Waals surface area contributed by atoms with Crippen LogP contribution in [0.25, 0.3) is 10.8 Å². The number of pyridine rings is 1. The van der Waals surface area contributed by atoms with E-state index in [0.717, 1.165) is 22.0 Å². The smallest absolute Gasteiger partial charge is 0.261 e. The molecule has 0 saturated heterocycles. The van der Waals surface area contributed by atoms with Crippen molar-refractivity contribution in [1.82, 2.24) is 4.98 Å². The van der Waals surface area contributed by atoms with Gasteiger partial charge in [-0.3, -0.25) is 9.71 Å². The Kier molecular flexibility index (Phi) is 3.58. The Morgan fingerprint density at radius 3 is 2.41 bits per heavy atom. The highest BCUT2D eigenvalue weighted by atomic mass is 32.2. The average Bonchev–Trinajstić information content (AvgIpc) is 2.47. The number of fused-ring (bicyclic) bond motifs is 1. The molecule has 1 heterocycles. The molecule has 0 aliphatic rings. The molecule has 112 valence electrons. The normalized spacial score (nSPS) is 11.5. The van der Waals surface area contributed by atoms with E-state index in [4.69, 9.17) is 0 Å². The van der Waals surface area contributed by atoms with Crippen molar-refractivity contribution in [3.05, 3.63) is 66.0 Å². The molecule has 3 aromatic rings. The first-order valence-electron chi connectivity index (χ1n) is 6.90. The van der Waals surface area contributed by atoms with Gasteiger partial charge in [0.05, 0.1) is 4.90 Å². The molecule has 0 aliphatic carbocycles. The molecule has 1 aromatic heterocycles. The number of nitrogens with one attached hydrogen (secondary N) is 1. The summed E-state index contributed by atoms with van der Waals surface area (Å²) in [6, 6.07) is 14.1. The van der Waals surface area contributed by atoms with Crippen molar-refractivity contribution in [3.63, 3.8) is 0 Å². The highest BCUT2D eigenvalue weighted by molar-refractivity contribution is 7.92. The number of rotatable bonds is 3. The highest BCUT2D eigenvalue weighted by Gasteiger charge is 2.14. The largest absolute Gasteiger partial charge is 0.280 e. The summed E-state index contributed by atoms with van der Waals surface area (Å²) in [6.07, 6.45) is 1.72. The summed E-state index contributed by atoms with van der Waals surface area (Å²) in [6.45, 7) is 3.85. The summed E-state index contributed by atoms with van der Waals surface area (Å²) in [7, 11) is -3.57. The van der Waals surface area contributed by atoms with Crippen molar-refractivity contribution in [2.75, 3.05) is 4.72 Å². The van der Waals surface area contributed by atoms with Crippen LogP contribution >= 0.6 is 0 Å². The van der Waals surface area contributed by atoms with Gasteiger partial charge in [0.1, 0.15) is 0 Å². The first-order valence-corrected chi connectivity index (χ1v) is 8.39. The minimum absolute atomic E-state index is 0.254. The summed E-state index contributed by atoms with van der Waals surface area (Å²) < 4.78 is 27.4. The second-order valence-electron chi connectivity index (χ2n) is 5.25. The van der Waals surface area contributed by atoms with Crippen LogP contribution in [0.1, 0.15) is 11.3 Å². The summed E-state index contributed by atoms with van der Waals surface area (Å²) >= 11 is 0. The molecule has 1 N–H and O–H groups in total. The van der Waals surface area contributed by atoms with E-state index in [1.807, 2.05) is 32.0 Å². The number of hydrogen-bond acceptors (Lipinski definition) is 3. The van der Waals surface area contributed by atoms with Gasteiger partial charge in [-0.15, -0.1) is 0 Å². The van der Waals surface area contributed by atoms with E-state index in [-0.39, 0.29) is 4.90 Å². The zero-order valence-electron chi connectivity index (χ0n) is 12.4.